The van der Waals surface area contributed by atoms with E-state index in [-0.39, 0.29) is 34.5 Å². The van der Waals surface area contributed by atoms with Crippen molar-refractivity contribution in [1.29, 1.82) is 0 Å². The van der Waals surface area contributed by atoms with Gasteiger partial charge in [-0.25, -0.2) is 9.69 Å². The molecule has 0 atom stereocenters. The second kappa shape index (κ2) is 7.87. The Labute approximate surface area is 204 Å². The molecule has 0 saturated heterocycles. The Morgan fingerprint density at radius 3 is 2.17 bits per heavy atom. The average molecular weight is 472 g/mol. The van der Waals surface area contributed by atoms with Gasteiger partial charge < -0.3 is 4.74 Å². The summed E-state index contributed by atoms with van der Waals surface area (Å²) in [7, 11) is 0. The highest BCUT2D eigenvalue weighted by Gasteiger charge is 2.54. The largest absolute Gasteiger partial charge is 0.454 e. The number of nitrogens with zero attached hydrogens (tertiary/aromatic N) is 1. The van der Waals surface area contributed by atoms with Gasteiger partial charge in [0.25, 0.3) is 11.8 Å². The van der Waals surface area contributed by atoms with Crippen molar-refractivity contribution in [2.24, 2.45) is 23.2 Å². The fourth-order valence-electron chi connectivity index (χ4n) is 7.37. The molecule has 5 aliphatic rings. The summed E-state index contributed by atoms with van der Waals surface area (Å²) in [6.07, 6.45) is 6.52. The van der Waals surface area contributed by atoms with Crippen molar-refractivity contribution in [3.63, 3.8) is 0 Å². The van der Waals surface area contributed by atoms with E-state index in [1.54, 1.807) is 0 Å². The molecule has 4 fully saturated rings. The highest BCUT2D eigenvalue weighted by atomic mass is 16.5. The summed E-state index contributed by atoms with van der Waals surface area (Å²) in [4.78, 5) is 53.4. The van der Waals surface area contributed by atoms with E-state index >= 15 is 0 Å². The first-order valence-corrected chi connectivity index (χ1v) is 12.5. The van der Waals surface area contributed by atoms with Crippen LogP contribution in [0, 0.1) is 37.0 Å². The topological polar surface area (TPSA) is 80.8 Å². The third kappa shape index (κ3) is 3.53. The van der Waals surface area contributed by atoms with E-state index < -0.39 is 17.8 Å². The standard InChI is InChI=1S/C29H29NO5/c1-16-3-4-17(2)24(7-16)30-26(32)22-6-5-21(11-23(22)27(30)33)28(34)35-15-25(31)29-12-18-8-19(13-29)10-20(9-18)14-29/h3-7,11,18-20H,8-10,12-15H2,1-2H3. The molecule has 6 heteroatoms. The molecule has 0 unspecified atom stereocenters. The summed E-state index contributed by atoms with van der Waals surface area (Å²) in [6, 6.07) is 10.0. The van der Waals surface area contributed by atoms with Crippen molar-refractivity contribution < 1.29 is 23.9 Å². The quantitative estimate of drug-likeness (QED) is 0.451. The van der Waals surface area contributed by atoms with Gasteiger partial charge in [0.05, 0.1) is 22.4 Å². The van der Waals surface area contributed by atoms with Crippen LogP contribution in [0.3, 0.4) is 0 Å². The molecule has 180 valence electrons. The van der Waals surface area contributed by atoms with Gasteiger partial charge in [0.2, 0.25) is 0 Å². The molecule has 6 nitrogen and oxygen atoms in total. The summed E-state index contributed by atoms with van der Waals surface area (Å²) in [5.74, 6) is 0.451. The first-order chi connectivity index (χ1) is 16.7. The Hall–Kier alpha value is -3.28. The van der Waals surface area contributed by atoms with Crippen molar-refractivity contribution in [3.8, 4) is 0 Å². The number of rotatable bonds is 5. The normalized spacial score (nSPS) is 28.4. The summed E-state index contributed by atoms with van der Waals surface area (Å²) in [5.41, 5.74) is 2.59. The van der Waals surface area contributed by atoms with Crippen molar-refractivity contribution in [3.05, 3.63) is 64.2 Å². The number of ketones is 1. The molecule has 2 aromatic rings. The van der Waals surface area contributed by atoms with Crippen molar-refractivity contribution in [2.75, 3.05) is 11.5 Å². The Bertz CT molecular complexity index is 1260. The monoisotopic (exact) mass is 471 g/mol. The number of fused-ring (bicyclic) bond motifs is 1. The van der Waals surface area contributed by atoms with Crippen LogP contribution in [-0.4, -0.2) is 30.2 Å². The van der Waals surface area contributed by atoms with E-state index in [0.717, 1.165) is 30.4 Å². The van der Waals surface area contributed by atoms with Gasteiger partial charge in [0.15, 0.2) is 12.4 Å². The predicted octanol–water partition coefficient (Wildman–Crippen LogP) is 5.05. The summed E-state index contributed by atoms with van der Waals surface area (Å²) in [6.45, 7) is 3.52. The van der Waals surface area contributed by atoms with Gasteiger partial charge in [-0.05, 0) is 106 Å². The number of benzene rings is 2. The minimum Gasteiger partial charge on any atom is -0.454 e. The third-order valence-electron chi connectivity index (χ3n) is 8.69. The zero-order valence-electron chi connectivity index (χ0n) is 20.1. The van der Waals surface area contributed by atoms with Crippen LogP contribution in [0.15, 0.2) is 36.4 Å². The minimum absolute atomic E-state index is 0.0402. The molecular weight excluding hydrogens is 442 g/mol. The number of esters is 1. The van der Waals surface area contributed by atoms with Crippen LogP contribution < -0.4 is 4.90 Å². The SMILES string of the molecule is Cc1ccc(C)c(N2C(=O)c3ccc(C(=O)OCC(=O)C45CC6CC(CC(C6)C4)C5)cc3C2=O)c1. The van der Waals surface area contributed by atoms with E-state index in [9.17, 15) is 19.2 Å². The number of carbonyl (C=O) groups excluding carboxylic acids is 4. The molecule has 35 heavy (non-hydrogen) atoms. The lowest BCUT2D eigenvalue weighted by atomic mass is 9.48. The molecule has 1 aliphatic heterocycles. The number of imide groups is 1. The molecule has 0 N–H and O–H groups in total. The van der Waals surface area contributed by atoms with Gasteiger partial charge in [-0.3, -0.25) is 14.4 Å². The van der Waals surface area contributed by atoms with Crippen LogP contribution in [0.2, 0.25) is 0 Å². The highest BCUT2D eigenvalue weighted by molar-refractivity contribution is 6.35. The summed E-state index contributed by atoms with van der Waals surface area (Å²) >= 11 is 0. The maximum Gasteiger partial charge on any atom is 0.338 e. The maximum absolute atomic E-state index is 13.2. The Morgan fingerprint density at radius 1 is 0.886 bits per heavy atom. The van der Waals surface area contributed by atoms with Gasteiger partial charge >= 0.3 is 5.97 Å². The van der Waals surface area contributed by atoms with E-state index in [2.05, 4.69) is 0 Å². The average Bonchev–Trinajstić information content (AvgIpc) is 3.07. The highest BCUT2D eigenvalue weighted by Crippen LogP contribution is 2.60. The molecular formula is C29H29NO5. The number of hydrogen-bond donors (Lipinski definition) is 0. The number of carbonyl (C=O) groups is 4. The fraction of sp³-hybridized carbons (Fsp3) is 0.448. The first-order valence-electron chi connectivity index (χ1n) is 12.5. The van der Waals surface area contributed by atoms with Gasteiger partial charge in [0.1, 0.15) is 0 Å². The summed E-state index contributed by atoms with van der Waals surface area (Å²) in [5, 5.41) is 0. The van der Waals surface area contributed by atoms with E-state index in [1.165, 1.54) is 42.4 Å². The molecule has 0 radical (unpaired) electrons. The lowest BCUT2D eigenvalue weighted by Crippen LogP contribution is -2.51. The molecule has 4 saturated carbocycles. The Morgan fingerprint density at radius 2 is 1.51 bits per heavy atom. The van der Waals surface area contributed by atoms with Crippen molar-refractivity contribution >= 4 is 29.3 Å². The van der Waals surface area contributed by atoms with Crippen LogP contribution in [0.4, 0.5) is 5.69 Å². The van der Waals surface area contributed by atoms with Crippen LogP contribution >= 0.6 is 0 Å². The Kier molecular flexibility index (Phi) is 4.99. The first kappa shape index (κ1) is 22.2. The maximum atomic E-state index is 13.2. The molecule has 2 amide bonds. The molecule has 7 rings (SSSR count). The van der Waals surface area contributed by atoms with E-state index in [0.29, 0.717) is 23.4 Å². The summed E-state index contributed by atoms with van der Waals surface area (Å²) < 4.78 is 5.45. The molecule has 1 heterocycles. The number of amides is 2. The van der Waals surface area contributed by atoms with Crippen LogP contribution in [0.1, 0.15) is 80.7 Å². The zero-order chi connectivity index (χ0) is 24.5. The van der Waals surface area contributed by atoms with Gasteiger partial charge in [-0.1, -0.05) is 12.1 Å². The number of anilines is 1. The second-order valence-corrected chi connectivity index (χ2v) is 11.2. The van der Waals surface area contributed by atoms with E-state index in [1.807, 2.05) is 32.0 Å². The number of hydrogen-bond acceptors (Lipinski definition) is 5. The smallest absolute Gasteiger partial charge is 0.338 e. The Balaban J connectivity index is 1.18. The number of Topliss-reactive ketones (excluding diaryl/α,β-unsaturated/α-hetero) is 1. The lowest BCUT2D eigenvalue weighted by Gasteiger charge is -2.55. The van der Waals surface area contributed by atoms with Gasteiger partial charge in [-0.15, -0.1) is 0 Å². The molecule has 2 aromatic carbocycles. The second-order valence-electron chi connectivity index (χ2n) is 11.2. The molecule has 0 aromatic heterocycles. The molecule has 4 bridgehead atoms. The van der Waals surface area contributed by atoms with Crippen LogP contribution in [-0.2, 0) is 9.53 Å². The van der Waals surface area contributed by atoms with Crippen LogP contribution in [0.25, 0.3) is 0 Å². The number of aryl methyl sites for hydroxylation is 2. The van der Waals surface area contributed by atoms with E-state index in [4.69, 9.17) is 4.74 Å². The lowest BCUT2D eigenvalue weighted by molar-refractivity contribution is -0.147. The molecule has 4 aliphatic carbocycles. The number of ether oxygens (including phenoxy) is 1. The van der Waals surface area contributed by atoms with Crippen molar-refractivity contribution in [1.82, 2.24) is 0 Å². The van der Waals surface area contributed by atoms with Crippen molar-refractivity contribution in [2.45, 2.75) is 52.4 Å². The predicted molar refractivity (Wildman–Crippen MR) is 129 cm³/mol. The zero-order valence-corrected chi connectivity index (χ0v) is 20.1. The fourth-order valence-corrected chi connectivity index (χ4v) is 7.37. The molecule has 0 spiro atoms. The minimum atomic E-state index is -0.642. The van der Waals surface area contributed by atoms with Gasteiger partial charge in [0, 0.05) is 5.41 Å². The third-order valence-corrected chi connectivity index (χ3v) is 8.69. The van der Waals surface area contributed by atoms with Gasteiger partial charge in [-0.2, -0.15) is 0 Å². The van der Waals surface area contributed by atoms with Crippen LogP contribution in [0.5, 0.6) is 0 Å².